The maximum Gasteiger partial charge on any atom is 0.416 e. The average molecular weight is 752 g/mol. The van der Waals surface area contributed by atoms with Crippen LogP contribution in [0.5, 0.6) is 11.5 Å². The fourth-order valence-electron chi connectivity index (χ4n) is 6.41. The zero-order valence-electron chi connectivity index (χ0n) is 32.2. The summed E-state index contributed by atoms with van der Waals surface area (Å²) in [6, 6.07) is 8.41. The standard InChI is InChI=1S/C40H53N3O11/c1-8-53-36-21-32-31(20-35(36)51-7)38(47)42-22-25(4)17-33(42)39(48)43(32)40(49)54-23-28-11-9-27(10-12-28)18-34(45)26(5)41-37(46)30(24(2)3)19-29(44)13-14-52-16-15-50-6/h9-12,20-22,24,26,30,33,39,48H,8,13-19,23H2,1-7H3,(H,41,46)/t26-,30-,33-,39-/m0/s1. The zero-order valence-corrected chi connectivity index (χ0v) is 32.2. The molecule has 0 aromatic heterocycles. The van der Waals surface area contributed by atoms with Crippen LogP contribution in [0, 0.1) is 11.8 Å². The highest BCUT2D eigenvalue weighted by atomic mass is 16.6. The Morgan fingerprint density at radius 1 is 0.981 bits per heavy atom. The SMILES string of the molecule is CCOc1cc2c(cc1OC)C(=O)N1C=C(C)C[C@H]1[C@H](O)N2C(=O)OCc1ccc(CC(=O)[C@H](C)NC(=O)[C@@H](CC(=O)CCOCCOC)C(C)C)cc1. The molecule has 0 fully saturated rings. The summed E-state index contributed by atoms with van der Waals surface area (Å²) < 4.78 is 27.2. The van der Waals surface area contributed by atoms with Gasteiger partial charge in [-0.1, -0.05) is 43.7 Å². The van der Waals surface area contributed by atoms with Crippen molar-refractivity contribution in [3.63, 3.8) is 0 Å². The molecule has 4 atom stereocenters. The second-order valence-corrected chi connectivity index (χ2v) is 13.9. The molecule has 2 aliphatic heterocycles. The maximum absolute atomic E-state index is 13.7. The van der Waals surface area contributed by atoms with E-state index in [0.29, 0.717) is 48.9 Å². The molecule has 294 valence electrons. The van der Waals surface area contributed by atoms with Gasteiger partial charge in [-0.05, 0) is 50.3 Å². The summed E-state index contributed by atoms with van der Waals surface area (Å²) in [7, 11) is 3.02. The molecule has 2 aliphatic rings. The van der Waals surface area contributed by atoms with Crippen molar-refractivity contribution in [2.75, 3.05) is 45.5 Å². The van der Waals surface area contributed by atoms with Crippen molar-refractivity contribution in [1.29, 1.82) is 0 Å². The van der Waals surface area contributed by atoms with Gasteiger partial charge >= 0.3 is 6.09 Å². The van der Waals surface area contributed by atoms with Gasteiger partial charge < -0.3 is 39.0 Å². The lowest BCUT2D eigenvalue weighted by molar-refractivity contribution is -0.133. The summed E-state index contributed by atoms with van der Waals surface area (Å²) in [6.45, 7) is 10.2. The zero-order chi connectivity index (χ0) is 39.5. The molecular weight excluding hydrogens is 698 g/mol. The second-order valence-electron chi connectivity index (χ2n) is 13.9. The number of ketones is 2. The molecule has 0 bridgehead atoms. The van der Waals surface area contributed by atoms with E-state index in [-0.39, 0.29) is 67.1 Å². The molecule has 2 aromatic carbocycles. The maximum atomic E-state index is 13.7. The number of carbonyl (C=O) groups is 5. The van der Waals surface area contributed by atoms with Crippen LogP contribution in [0.1, 0.15) is 75.4 Å². The van der Waals surface area contributed by atoms with Crippen LogP contribution in [0.3, 0.4) is 0 Å². The highest BCUT2D eigenvalue weighted by Crippen LogP contribution is 2.42. The highest BCUT2D eigenvalue weighted by molar-refractivity contribution is 6.06. The Balaban J connectivity index is 1.37. The van der Waals surface area contributed by atoms with Crippen LogP contribution < -0.4 is 19.7 Å². The molecule has 0 spiro atoms. The first-order valence-corrected chi connectivity index (χ1v) is 18.3. The third-order valence-electron chi connectivity index (χ3n) is 9.51. The van der Waals surface area contributed by atoms with Crippen molar-refractivity contribution in [2.45, 2.75) is 85.2 Å². The van der Waals surface area contributed by atoms with E-state index < -0.39 is 36.2 Å². The molecule has 14 heteroatoms. The summed E-state index contributed by atoms with van der Waals surface area (Å²) in [5.41, 5.74) is 2.47. The van der Waals surface area contributed by atoms with E-state index in [9.17, 15) is 29.1 Å². The molecule has 54 heavy (non-hydrogen) atoms. The van der Waals surface area contributed by atoms with Crippen molar-refractivity contribution < 1.29 is 52.8 Å². The molecule has 0 saturated carbocycles. The quantitative estimate of drug-likeness (QED) is 0.193. The van der Waals surface area contributed by atoms with E-state index in [1.165, 1.54) is 24.1 Å². The number of Topliss-reactive ketones (excluding diaryl/α,β-unsaturated/α-hetero) is 2. The molecule has 2 N–H and O–H groups in total. The van der Waals surface area contributed by atoms with E-state index in [1.54, 1.807) is 51.4 Å². The van der Waals surface area contributed by atoms with Gasteiger partial charge in [-0.25, -0.2) is 9.69 Å². The Morgan fingerprint density at radius 2 is 1.69 bits per heavy atom. The first kappa shape index (κ1) is 42.0. The van der Waals surface area contributed by atoms with Crippen LogP contribution in [0.2, 0.25) is 0 Å². The van der Waals surface area contributed by atoms with Crippen molar-refractivity contribution in [3.8, 4) is 11.5 Å². The molecule has 2 heterocycles. The van der Waals surface area contributed by atoms with E-state index >= 15 is 0 Å². The number of hydrogen-bond donors (Lipinski definition) is 2. The van der Waals surface area contributed by atoms with Crippen molar-refractivity contribution in [2.24, 2.45) is 11.8 Å². The lowest BCUT2D eigenvalue weighted by atomic mass is 9.88. The molecular formula is C40H53N3O11. The topological polar surface area (TPSA) is 170 Å². The Labute approximate surface area is 316 Å². The van der Waals surface area contributed by atoms with Gasteiger partial charge in [0.25, 0.3) is 5.91 Å². The number of ether oxygens (including phenoxy) is 5. The predicted molar refractivity (Wildman–Crippen MR) is 199 cm³/mol. The molecule has 14 nitrogen and oxygen atoms in total. The molecule has 0 aliphatic carbocycles. The number of aliphatic hydroxyl groups is 1. The van der Waals surface area contributed by atoms with Gasteiger partial charge in [-0.15, -0.1) is 0 Å². The average Bonchev–Trinajstić information content (AvgIpc) is 3.51. The van der Waals surface area contributed by atoms with Gasteiger partial charge in [0, 0.05) is 44.6 Å². The Morgan fingerprint density at radius 3 is 2.33 bits per heavy atom. The molecule has 3 amide bonds. The smallest absolute Gasteiger partial charge is 0.416 e. The van der Waals surface area contributed by atoms with Crippen LogP contribution in [-0.2, 0) is 41.6 Å². The molecule has 4 rings (SSSR count). The van der Waals surface area contributed by atoms with E-state index in [1.807, 2.05) is 20.8 Å². The number of aliphatic hydroxyl groups excluding tert-OH is 1. The number of methoxy groups -OCH3 is 2. The van der Waals surface area contributed by atoms with Crippen molar-refractivity contribution in [1.82, 2.24) is 10.2 Å². The third-order valence-corrected chi connectivity index (χ3v) is 9.51. The Kier molecular flexibility index (Phi) is 15.2. The molecule has 0 saturated heterocycles. The van der Waals surface area contributed by atoms with E-state index in [4.69, 9.17) is 23.7 Å². The summed E-state index contributed by atoms with van der Waals surface area (Å²) >= 11 is 0. The van der Waals surface area contributed by atoms with Crippen LogP contribution in [0.25, 0.3) is 0 Å². The lowest BCUT2D eigenvalue weighted by Crippen LogP contribution is -2.50. The number of rotatable bonds is 19. The number of hydrogen-bond acceptors (Lipinski definition) is 11. The van der Waals surface area contributed by atoms with Gasteiger partial charge in [-0.2, -0.15) is 0 Å². The number of nitrogens with one attached hydrogen (secondary N) is 1. The van der Waals surface area contributed by atoms with Gasteiger partial charge in [0.1, 0.15) is 12.4 Å². The van der Waals surface area contributed by atoms with E-state index in [2.05, 4.69) is 5.32 Å². The summed E-state index contributed by atoms with van der Waals surface area (Å²) in [4.78, 5) is 68.6. The summed E-state index contributed by atoms with van der Waals surface area (Å²) in [6.07, 6.45) is 0.0628. The lowest BCUT2D eigenvalue weighted by Gasteiger charge is -2.31. The monoisotopic (exact) mass is 751 g/mol. The normalized spacial score (nSPS) is 17.6. The highest BCUT2D eigenvalue weighted by Gasteiger charge is 2.45. The minimum Gasteiger partial charge on any atom is -0.493 e. The molecule has 0 radical (unpaired) electrons. The number of nitrogens with zero attached hydrogens (tertiary/aromatic N) is 2. The second kappa shape index (κ2) is 19.5. The third kappa shape index (κ3) is 10.5. The fraction of sp³-hybridized carbons (Fsp3) is 0.525. The van der Waals surface area contributed by atoms with Crippen LogP contribution in [-0.4, -0.2) is 98.4 Å². The first-order valence-electron chi connectivity index (χ1n) is 18.3. The number of amides is 3. The van der Waals surface area contributed by atoms with Gasteiger partial charge in [-0.3, -0.25) is 19.2 Å². The number of carbonyl (C=O) groups excluding carboxylic acids is 5. The first-order chi connectivity index (χ1) is 25.8. The number of benzene rings is 2. The fourth-order valence-corrected chi connectivity index (χ4v) is 6.41. The Hall–Kier alpha value is -4.79. The number of fused-ring (bicyclic) bond motifs is 2. The van der Waals surface area contributed by atoms with Crippen molar-refractivity contribution in [3.05, 3.63) is 64.9 Å². The molecule has 0 unspecified atom stereocenters. The molecule has 2 aromatic rings. The summed E-state index contributed by atoms with van der Waals surface area (Å²) in [5, 5.41) is 14.3. The van der Waals surface area contributed by atoms with Gasteiger partial charge in [0.05, 0.1) is 56.9 Å². The van der Waals surface area contributed by atoms with Crippen LogP contribution in [0.15, 0.2) is 48.2 Å². The summed E-state index contributed by atoms with van der Waals surface area (Å²) in [5.74, 6) is -1.12. The minimum atomic E-state index is -1.42. The Bertz CT molecular complexity index is 1690. The van der Waals surface area contributed by atoms with Gasteiger partial charge in [0.2, 0.25) is 5.91 Å². The van der Waals surface area contributed by atoms with E-state index in [0.717, 1.165) is 10.5 Å². The largest absolute Gasteiger partial charge is 0.493 e. The van der Waals surface area contributed by atoms with Crippen LogP contribution in [0.4, 0.5) is 10.5 Å². The van der Waals surface area contributed by atoms with Crippen LogP contribution >= 0.6 is 0 Å². The van der Waals surface area contributed by atoms with Gasteiger partial charge in [0.15, 0.2) is 23.5 Å². The predicted octanol–water partition coefficient (Wildman–Crippen LogP) is 4.59. The minimum absolute atomic E-state index is 0.0490. The number of anilines is 1. The van der Waals surface area contributed by atoms with Crippen molar-refractivity contribution >= 4 is 35.2 Å².